The Morgan fingerprint density at radius 1 is 1.33 bits per heavy atom. The minimum atomic E-state index is -0.0370. The number of hydrogen-bond donors (Lipinski definition) is 2. The summed E-state index contributed by atoms with van der Waals surface area (Å²) in [6.07, 6.45) is 2.34. The van der Waals surface area contributed by atoms with E-state index in [1.807, 2.05) is 6.07 Å². The van der Waals surface area contributed by atoms with Crippen LogP contribution >= 0.6 is 15.9 Å². The van der Waals surface area contributed by atoms with E-state index in [4.69, 9.17) is 0 Å². The lowest BCUT2D eigenvalue weighted by molar-refractivity contribution is 0.411. The highest BCUT2D eigenvalue weighted by molar-refractivity contribution is 9.10. The standard InChI is InChI=1S/C15H22BrNO/c1-15(2,3)13-8-11(16)7-12(14(13)18)10-5-4-6-17-9-10/h7-8,10,17-18H,4-6,9H2,1-3H3. The predicted octanol–water partition coefficient (Wildman–Crippen LogP) is 3.92. The van der Waals surface area contributed by atoms with Gasteiger partial charge in [0.05, 0.1) is 0 Å². The van der Waals surface area contributed by atoms with Gasteiger partial charge in [0.25, 0.3) is 0 Å². The summed E-state index contributed by atoms with van der Waals surface area (Å²) < 4.78 is 1.06. The van der Waals surface area contributed by atoms with Crippen LogP contribution in [0.15, 0.2) is 16.6 Å². The molecule has 0 saturated carbocycles. The molecule has 2 nitrogen and oxygen atoms in total. The zero-order chi connectivity index (χ0) is 13.3. The first-order valence-electron chi connectivity index (χ1n) is 6.63. The molecule has 2 N–H and O–H groups in total. The van der Waals surface area contributed by atoms with Crippen LogP contribution in [-0.2, 0) is 5.41 Å². The van der Waals surface area contributed by atoms with E-state index >= 15 is 0 Å². The number of phenolic OH excluding ortho intramolecular Hbond substituents is 1. The van der Waals surface area contributed by atoms with Crippen LogP contribution in [0.2, 0.25) is 0 Å². The summed E-state index contributed by atoms with van der Waals surface area (Å²) in [6, 6.07) is 4.11. The van der Waals surface area contributed by atoms with Crippen LogP contribution in [0.3, 0.4) is 0 Å². The average Bonchev–Trinajstić information content (AvgIpc) is 2.31. The van der Waals surface area contributed by atoms with Crippen LogP contribution in [0.5, 0.6) is 5.75 Å². The zero-order valence-corrected chi connectivity index (χ0v) is 13.0. The molecule has 0 aliphatic carbocycles. The van der Waals surface area contributed by atoms with Crippen molar-refractivity contribution in [3.05, 3.63) is 27.7 Å². The number of rotatable bonds is 1. The lowest BCUT2D eigenvalue weighted by atomic mass is 9.82. The first kappa shape index (κ1) is 13.9. The number of phenols is 1. The Balaban J connectivity index is 2.44. The largest absolute Gasteiger partial charge is 0.507 e. The molecule has 0 amide bonds. The van der Waals surface area contributed by atoms with E-state index in [-0.39, 0.29) is 5.41 Å². The molecule has 1 aliphatic heterocycles. The first-order valence-corrected chi connectivity index (χ1v) is 7.42. The molecule has 1 aromatic carbocycles. The molecule has 1 aromatic rings. The van der Waals surface area contributed by atoms with E-state index in [1.54, 1.807) is 0 Å². The molecular weight excluding hydrogens is 290 g/mol. The minimum Gasteiger partial charge on any atom is -0.507 e. The van der Waals surface area contributed by atoms with Crippen molar-refractivity contribution in [3.63, 3.8) is 0 Å². The van der Waals surface area contributed by atoms with Crippen molar-refractivity contribution in [1.29, 1.82) is 0 Å². The second kappa shape index (κ2) is 5.22. The minimum absolute atomic E-state index is 0.0370. The number of benzene rings is 1. The van der Waals surface area contributed by atoms with Gasteiger partial charge in [0, 0.05) is 22.5 Å². The highest BCUT2D eigenvalue weighted by Gasteiger charge is 2.25. The van der Waals surface area contributed by atoms with Crippen molar-refractivity contribution in [2.24, 2.45) is 0 Å². The zero-order valence-electron chi connectivity index (χ0n) is 11.4. The van der Waals surface area contributed by atoms with Crippen LogP contribution in [0.4, 0.5) is 0 Å². The Morgan fingerprint density at radius 3 is 2.61 bits per heavy atom. The van der Waals surface area contributed by atoms with Gasteiger partial charge in [-0.1, -0.05) is 36.7 Å². The fourth-order valence-corrected chi connectivity index (χ4v) is 3.10. The monoisotopic (exact) mass is 311 g/mol. The van der Waals surface area contributed by atoms with Crippen molar-refractivity contribution in [1.82, 2.24) is 5.32 Å². The highest BCUT2D eigenvalue weighted by atomic mass is 79.9. The van der Waals surface area contributed by atoms with Gasteiger partial charge in [-0.2, -0.15) is 0 Å². The normalized spacial score (nSPS) is 21.0. The van der Waals surface area contributed by atoms with Crippen LogP contribution in [0.1, 0.15) is 50.7 Å². The van der Waals surface area contributed by atoms with Crippen molar-refractivity contribution in [2.75, 3.05) is 13.1 Å². The fourth-order valence-electron chi connectivity index (χ4n) is 2.62. The quantitative estimate of drug-likeness (QED) is 0.824. The van der Waals surface area contributed by atoms with Crippen molar-refractivity contribution < 1.29 is 5.11 Å². The van der Waals surface area contributed by atoms with E-state index in [2.05, 4.69) is 48.1 Å². The molecule has 1 atom stereocenters. The molecule has 0 aromatic heterocycles. The van der Waals surface area contributed by atoms with Crippen molar-refractivity contribution in [2.45, 2.75) is 44.9 Å². The van der Waals surface area contributed by atoms with Gasteiger partial charge >= 0.3 is 0 Å². The molecule has 3 heteroatoms. The number of halogens is 1. The Morgan fingerprint density at radius 2 is 2.06 bits per heavy atom. The van der Waals surface area contributed by atoms with Gasteiger partial charge in [-0.25, -0.2) is 0 Å². The molecular formula is C15H22BrNO. The Hall–Kier alpha value is -0.540. The molecule has 1 aliphatic rings. The van der Waals surface area contributed by atoms with Crippen LogP contribution in [0, 0.1) is 0 Å². The fraction of sp³-hybridized carbons (Fsp3) is 0.600. The van der Waals surface area contributed by atoms with E-state index in [0.717, 1.165) is 35.1 Å². The highest BCUT2D eigenvalue weighted by Crippen LogP contribution is 2.40. The molecule has 1 unspecified atom stereocenters. The van der Waals surface area contributed by atoms with Crippen LogP contribution in [0.25, 0.3) is 0 Å². The maximum atomic E-state index is 10.6. The van der Waals surface area contributed by atoms with Gasteiger partial charge in [0.2, 0.25) is 0 Å². The second-order valence-electron chi connectivity index (χ2n) is 6.18. The Labute approximate surface area is 118 Å². The topological polar surface area (TPSA) is 32.3 Å². The van der Waals surface area contributed by atoms with Crippen molar-refractivity contribution >= 4 is 15.9 Å². The number of piperidine rings is 1. The van der Waals surface area contributed by atoms with E-state index in [0.29, 0.717) is 11.7 Å². The lowest BCUT2D eigenvalue weighted by Crippen LogP contribution is -2.28. The van der Waals surface area contributed by atoms with Gasteiger partial charge in [-0.05, 0) is 42.5 Å². The maximum absolute atomic E-state index is 10.6. The summed E-state index contributed by atoms with van der Waals surface area (Å²) in [6.45, 7) is 8.47. The number of aromatic hydroxyl groups is 1. The second-order valence-corrected chi connectivity index (χ2v) is 7.10. The third kappa shape index (κ3) is 2.89. The summed E-state index contributed by atoms with van der Waals surface area (Å²) >= 11 is 3.57. The molecule has 100 valence electrons. The van der Waals surface area contributed by atoms with Gasteiger partial charge in [-0.3, -0.25) is 0 Å². The molecule has 0 spiro atoms. The number of nitrogens with one attached hydrogen (secondary N) is 1. The van der Waals surface area contributed by atoms with Gasteiger partial charge < -0.3 is 10.4 Å². The van der Waals surface area contributed by atoms with E-state index < -0.39 is 0 Å². The Bertz CT molecular complexity index is 431. The van der Waals surface area contributed by atoms with Crippen molar-refractivity contribution in [3.8, 4) is 5.75 Å². The smallest absolute Gasteiger partial charge is 0.122 e. The van der Waals surface area contributed by atoms with Gasteiger partial charge in [-0.15, -0.1) is 0 Å². The molecule has 1 saturated heterocycles. The van der Waals surface area contributed by atoms with Gasteiger partial charge in [0.15, 0.2) is 0 Å². The maximum Gasteiger partial charge on any atom is 0.122 e. The summed E-state index contributed by atoms with van der Waals surface area (Å²) in [5, 5.41) is 14.0. The summed E-state index contributed by atoms with van der Waals surface area (Å²) in [7, 11) is 0. The van der Waals surface area contributed by atoms with Gasteiger partial charge in [0.1, 0.15) is 5.75 Å². The van der Waals surface area contributed by atoms with E-state index in [9.17, 15) is 5.11 Å². The summed E-state index contributed by atoms with van der Waals surface area (Å²) in [4.78, 5) is 0. The molecule has 1 heterocycles. The van der Waals surface area contributed by atoms with Crippen LogP contribution < -0.4 is 5.32 Å². The lowest BCUT2D eigenvalue weighted by Gasteiger charge is -2.28. The first-order chi connectivity index (χ1) is 8.39. The van der Waals surface area contributed by atoms with Crippen LogP contribution in [-0.4, -0.2) is 18.2 Å². The Kier molecular flexibility index (Phi) is 4.02. The molecule has 2 rings (SSSR count). The molecule has 0 radical (unpaired) electrons. The average molecular weight is 312 g/mol. The number of hydrogen-bond acceptors (Lipinski definition) is 2. The summed E-state index contributed by atoms with van der Waals surface area (Å²) in [5.41, 5.74) is 2.07. The molecule has 18 heavy (non-hydrogen) atoms. The summed E-state index contributed by atoms with van der Waals surface area (Å²) in [5.74, 6) is 0.914. The molecule has 0 bridgehead atoms. The van der Waals surface area contributed by atoms with E-state index in [1.165, 1.54) is 6.42 Å². The SMILES string of the molecule is CC(C)(C)c1cc(Br)cc(C2CCCNC2)c1O. The third-order valence-electron chi connectivity index (χ3n) is 3.65. The predicted molar refractivity (Wildman–Crippen MR) is 79.4 cm³/mol. The molecule has 1 fully saturated rings. The third-order valence-corrected chi connectivity index (χ3v) is 4.11.